The molecule has 18 heavy (non-hydrogen) atoms. The van der Waals surface area contributed by atoms with Crippen molar-refractivity contribution in [2.45, 2.75) is 51.4 Å². The van der Waals surface area contributed by atoms with Crippen molar-refractivity contribution >= 4 is 35.8 Å². The first-order valence-corrected chi connectivity index (χ1v) is 6.04. The Kier molecular flexibility index (Phi) is 8.25. The lowest BCUT2D eigenvalue weighted by Gasteiger charge is -2.13. The smallest absolute Gasteiger partial charge is 0.246 e. The maximum atomic E-state index is 10.9. The maximum Gasteiger partial charge on any atom is 0.246 e. The van der Waals surface area contributed by atoms with Gasteiger partial charge in [-0.1, -0.05) is 6.92 Å². The molecular weight excluding hydrogens is 347 g/mol. The minimum absolute atomic E-state index is 0. The number of carbonyl (C=O) groups is 1. The van der Waals surface area contributed by atoms with E-state index in [0.29, 0.717) is 25.0 Å². The second kappa shape index (κ2) is 8.52. The SMILES string of the molecule is CCC(C)NC(N)=NCC1CCC(C(N)=O)O1.I. The van der Waals surface area contributed by atoms with E-state index in [9.17, 15) is 4.79 Å². The molecule has 1 saturated heterocycles. The van der Waals surface area contributed by atoms with Gasteiger partial charge in [0, 0.05) is 6.04 Å². The molecule has 106 valence electrons. The predicted octanol–water partition coefficient (Wildman–Crippen LogP) is 0.340. The van der Waals surface area contributed by atoms with E-state index in [1.807, 2.05) is 6.92 Å². The summed E-state index contributed by atoms with van der Waals surface area (Å²) in [7, 11) is 0. The average molecular weight is 370 g/mol. The number of aliphatic imine (C=N–C) groups is 1. The van der Waals surface area contributed by atoms with Crippen molar-refractivity contribution in [3.05, 3.63) is 0 Å². The van der Waals surface area contributed by atoms with Crippen LogP contribution in [0.3, 0.4) is 0 Å². The molecular formula is C11H23IN4O2. The standard InChI is InChI=1S/C11H22N4O2.HI/c1-3-7(2)15-11(13)14-6-8-4-5-9(17-8)10(12)16;/h7-9H,3-6H2,1-2H3,(H2,12,16)(H3,13,14,15);1H. The number of carbonyl (C=O) groups excluding carboxylic acids is 1. The molecule has 1 fully saturated rings. The van der Waals surface area contributed by atoms with Gasteiger partial charge in [0.25, 0.3) is 0 Å². The van der Waals surface area contributed by atoms with Crippen molar-refractivity contribution in [3.63, 3.8) is 0 Å². The van der Waals surface area contributed by atoms with E-state index in [2.05, 4.69) is 17.2 Å². The minimum atomic E-state index is -0.459. The number of rotatable bonds is 5. The number of nitrogens with zero attached hydrogens (tertiary/aromatic N) is 1. The van der Waals surface area contributed by atoms with Crippen molar-refractivity contribution in [2.24, 2.45) is 16.5 Å². The van der Waals surface area contributed by atoms with E-state index >= 15 is 0 Å². The third-order valence-electron chi connectivity index (χ3n) is 2.90. The molecule has 0 aromatic rings. The monoisotopic (exact) mass is 370 g/mol. The topological polar surface area (TPSA) is 103 Å². The number of amides is 1. The summed E-state index contributed by atoms with van der Waals surface area (Å²) in [6.07, 6.45) is 1.95. The highest BCUT2D eigenvalue weighted by molar-refractivity contribution is 14.0. The van der Waals surface area contributed by atoms with E-state index in [4.69, 9.17) is 16.2 Å². The Morgan fingerprint density at radius 2 is 2.17 bits per heavy atom. The first-order chi connectivity index (χ1) is 8.02. The van der Waals surface area contributed by atoms with E-state index in [1.165, 1.54) is 0 Å². The number of hydrogen-bond donors (Lipinski definition) is 3. The normalized spacial score (nSPS) is 25.3. The van der Waals surface area contributed by atoms with Gasteiger partial charge in [0.15, 0.2) is 5.96 Å². The zero-order chi connectivity index (χ0) is 12.8. The molecule has 1 amide bonds. The van der Waals surface area contributed by atoms with Crippen LogP contribution >= 0.6 is 24.0 Å². The zero-order valence-corrected chi connectivity index (χ0v) is 13.2. The quantitative estimate of drug-likeness (QED) is 0.369. The Morgan fingerprint density at radius 1 is 1.50 bits per heavy atom. The Bertz CT molecular complexity index is 299. The van der Waals surface area contributed by atoms with Crippen molar-refractivity contribution in [2.75, 3.05) is 6.54 Å². The van der Waals surface area contributed by atoms with Crippen LogP contribution in [0.15, 0.2) is 4.99 Å². The summed E-state index contributed by atoms with van der Waals surface area (Å²) < 4.78 is 5.44. The third kappa shape index (κ3) is 5.85. The van der Waals surface area contributed by atoms with Gasteiger partial charge in [-0.2, -0.15) is 0 Å². The molecule has 0 radical (unpaired) electrons. The van der Waals surface area contributed by atoms with Gasteiger partial charge in [-0.05, 0) is 26.2 Å². The molecule has 0 saturated carbocycles. The fourth-order valence-electron chi connectivity index (χ4n) is 1.65. The van der Waals surface area contributed by atoms with E-state index < -0.39 is 12.0 Å². The maximum absolute atomic E-state index is 10.9. The molecule has 0 bridgehead atoms. The van der Waals surface area contributed by atoms with Crippen molar-refractivity contribution in [3.8, 4) is 0 Å². The average Bonchev–Trinajstić information content (AvgIpc) is 2.75. The van der Waals surface area contributed by atoms with Gasteiger partial charge >= 0.3 is 0 Å². The van der Waals surface area contributed by atoms with Gasteiger partial charge in [-0.15, -0.1) is 24.0 Å². The van der Waals surface area contributed by atoms with Gasteiger partial charge < -0.3 is 21.5 Å². The van der Waals surface area contributed by atoms with Crippen LogP contribution in [0.25, 0.3) is 0 Å². The fraction of sp³-hybridized carbons (Fsp3) is 0.818. The molecule has 7 heteroatoms. The summed E-state index contributed by atoms with van der Waals surface area (Å²) >= 11 is 0. The second-order valence-electron chi connectivity index (χ2n) is 4.41. The van der Waals surface area contributed by atoms with E-state index in [0.717, 1.165) is 12.8 Å². The van der Waals surface area contributed by atoms with Crippen LogP contribution in [0.1, 0.15) is 33.1 Å². The Hall–Kier alpha value is -0.570. The molecule has 0 aromatic carbocycles. The van der Waals surface area contributed by atoms with Gasteiger partial charge in [-0.25, -0.2) is 0 Å². The van der Waals surface area contributed by atoms with Crippen LogP contribution in [0.5, 0.6) is 0 Å². The summed E-state index contributed by atoms with van der Waals surface area (Å²) in [5, 5.41) is 3.07. The number of ether oxygens (including phenoxy) is 1. The van der Waals surface area contributed by atoms with Crippen LogP contribution in [0.4, 0.5) is 0 Å². The molecule has 1 heterocycles. The fourth-order valence-corrected chi connectivity index (χ4v) is 1.65. The molecule has 5 N–H and O–H groups in total. The van der Waals surface area contributed by atoms with Crippen LogP contribution in [-0.4, -0.2) is 36.7 Å². The number of halogens is 1. The van der Waals surface area contributed by atoms with E-state index in [-0.39, 0.29) is 30.1 Å². The first-order valence-electron chi connectivity index (χ1n) is 6.04. The number of primary amides is 1. The molecule has 6 nitrogen and oxygen atoms in total. The zero-order valence-electron chi connectivity index (χ0n) is 10.9. The molecule has 0 aromatic heterocycles. The van der Waals surface area contributed by atoms with Gasteiger partial charge in [0.2, 0.25) is 5.91 Å². The molecule has 3 atom stereocenters. The molecule has 0 spiro atoms. The Morgan fingerprint density at radius 3 is 2.67 bits per heavy atom. The van der Waals surface area contributed by atoms with E-state index in [1.54, 1.807) is 0 Å². The highest BCUT2D eigenvalue weighted by atomic mass is 127. The van der Waals surface area contributed by atoms with Gasteiger partial charge in [0.1, 0.15) is 6.10 Å². The second-order valence-corrected chi connectivity index (χ2v) is 4.41. The first kappa shape index (κ1) is 17.4. The van der Waals surface area contributed by atoms with Gasteiger partial charge in [0.05, 0.1) is 12.6 Å². The highest BCUT2D eigenvalue weighted by Gasteiger charge is 2.28. The molecule has 1 rings (SSSR count). The Balaban J connectivity index is 0.00000289. The molecule has 1 aliphatic rings. The van der Waals surface area contributed by atoms with Crippen LogP contribution in [0, 0.1) is 0 Å². The lowest BCUT2D eigenvalue weighted by atomic mass is 10.2. The number of guanidine groups is 1. The summed E-state index contributed by atoms with van der Waals surface area (Å²) in [6.45, 7) is 4.58. The number of nitrogens with two attached hydrogens (primary N) is 2. The summed E-state index contributed by atoms with van der Waals surface area (Å²) in [4.78, 5) is 15.1. The highest BCUT2D eigenvalue weighted by Crippen LogP contribution is 2.19. The minimum Gasteiger partial charge on any atom is -0.370 e. The van der Waals surface area contributed by atoms with Crippen LogP contribution < -0.4 is 16.8 Å². The predicted molar refractivity (Wildman–Crippen MR) is 81.9 cm³/mol. The van der Waals surface area contributed by atoms with Crippen molar-refractivity contribution in [1.82, 2.24) is 5.32 Å². The van der Waals surface area contributed by atoms with Crippen molar-refractivity contribution < 1.29 is 9.53 Å². The van der Waals surface area contributed by atoms with Crippen LogP contribution in [0.2, 0.25) is 0 Å². The summed E-state index contributed by atoms with van der Waals surface area (Å²) in [5.74, 6) is 0.0210. The van der Waals surface area contributed by atoms with Crippen molar-refractivity contribution in [1.29, 1.82) is 0 Å². The number of nitrogens with one attached hydrogen (secondary N) is 1. The summed E-state index contributed by atoms with van der Waals surface area (Å²) in [5.41, 5.74) is 10.9. The van der Waals surface area contributed by atoms with Gasteiger partial charge in [-0.3, -0.25) is 9.79 Å². The summed E-state index contributed by atoms with van der Waals surface area (Å²) in [6, 6.07) is 0.307. The third-order valence-corrected chi connectivity index (χ3v) is 2.90. The molecule has 0 aliphatic carbocycles. The molecule has 1 aliphatic heterocycles. The lowest BCUT2D eigenvalue weighted by Crippen LogP contribution is -2.38. The Labute approximate surface area is 125 Å². The lowest BCUT2D eigenvalue weighted by molar-refractivity contribution is -0.128. The van der Waals surface area contributed by atoms with Crippen LogP contribution in [-0.2, 0) is 9.53 Å². The molecule has 3 unspecified atom stereocenters. The number of hydrogen-bond acceptors (Lipinski definition) is 3. The largest absolute Gasteiger partial charge is 0.370 e.